The van der Waals surface area contributed by atoms with E-state index in [1.165, 1.54) is 0 Å². The van der Waals surface area contributed by atoms with Crippen molar-refractivity contribution in [1.29, 1.82) is 0 Å². The number of carbonyl (C=O) groups excluding carboxylic acids is 1. The Morgan fingerprint density at radius 3 is 2.71 bits per heavy atom. The minimum atomic E-state index is -0.505. The molecule has 3 rings (SSSR count). The number of benzene rings is 1. The van der Waals surface area contributed by atoms with Crippen molar-refractivity contribution in [3.8, 4) is 0 Å². The molecule has 0 saturated carbocycles. The molecule has 0 atom stereocenters. The van der Waals surface area contributed by atoms with Crippen molar-refractivity contribution in [3.63, 3.8) is 0 Å². The van der Waals surface area contributed by atoms with Crippen molar-refractivity contribution >= 4 is 16.8 Å². The van der Waals surface area contributed by atoms with Crippen LogP contribution in [0.3, 0.4) is 0 Å². The van der Waals surface area contributed by atoms with Gasteiger partial charge in [-0.05, 0) is 31.7 Å². The summed E-state index contributed by atoms with van der Waals surface area (Å²) in [6.45, 7) is 8.33. The Morgan fingerprint density at radius 2 is 2.00 bits per heavy atom. The van der Waals surface area contributed by atoms with Gasteiger partial charge in [0.05, 0.1) is 11.1 Å². The first-order valence-electron chi connectivity index (χ1n) is 8.14. The van der Waals surface area contributed by atoms with Crippen LogP contribution in [0.1, 0.15) is 36.2 Å². The number of hydrogen-bond acceptors (Lipinski definition) is 3. The summed E-state index contributed by atoms with van der Waals surface area (Å²) in [5.74, 6) is -0.196. The van der Waals surface area contributed by atoms with E-state index in [0.29, 0.717) is 30.3 Å². The van der Waals surface area contributed by atoms with Gasteiger partial charge in [0, 0.05) is 11.9 Å². The number of aromatic nitrogens is 2. The summed E-state index contributed by atoms with van der Waals surface area (Å²) in [6, 6.07) is 7.25. The van der Waals surface area contributed by atoms with Crippen molar-refractivity contribution in [2.75, 3.05) is 6.54 Å². The number of hydrogen-bond donors (Lipinski definition) is 1. The molecule has 0 unspecified atom stereocenters. The summed E-state index contributed by atoms with van der Waals surface area (Å²) in [5.41, 5.74) is 0.0209. The van der Waals surface area contributed by atoms with E-state index < -0.39 is 5.69 Å². The average molecular weight is 323 g/mol. The second-order valence-electron chi connectivity index (χ2n) is 6.21. The number of rotatable bonds is 5. The van der Waals surface area contributed by atoms with Gasteiger partial charge in [0.25, 0.3) is 5.91 Å². The number of likely N-dealkylation sites (tertiary alicyclic amines) is 1. The first-order chi connectivity index (χ1) is 11.6. The van der Waals surface area contributed by atoms with Crippen LogP contribution in [-0.4, -0.2) is 32.9 Å². The van der Waals surface area contributed by atoms with Gasteiger partial charge in [-0.25, -0.2) is 4.79 Å². The topological polar surface area (TPSA) is 66.1 Å². The first kappa shape index (κ1) is 16.2. The lowest BCUT2D eigenvalue weighted by Gasteiger charge is -2.37. The average Bonchev–Trinajstić information content (AvgIpc) is 2.97. The van der Waals surface area contributed by atoms with Crippen LogP contribution in [0.4, 0.5) is 0 Å². The fourth-order valence-electron chi connectivity index (χ4n) is 3.69. The lowest BCUT2D eigenvalue weighted by molar-refractivity contribution is 0.0597. The molecule has 1 amide bonds. The van der Waals surface area contributed by atoms with E-state index in [0.717, 1.165) is 12.8 Å². The van der Waals surface area contributed by atoms with Gasteiger partial charge in [-0.3, -0.25) is 4.79 Å². The number of fused-ring (bicyclic) bond motifs is 1. The molecule has 24 heavy (non-hydrogen) atoms. The van der Waals surface area contributed by atoms with E-state index >= 15 is 0 Å². The zero-order chi connectivity index (χ0) is 17.2. The Bertz CT molecular complexity index is 843. The second-order valence-corrected chi connectivity index (χ2v) is 6.21. The molecule has 1 N–H and O–H groups in total. The molecule has 2 heterocycles. The van der Waals surface area contributed by atoms with Gasteiger partial charge >= 0.3 is 5.69 Å². The highest BCUT2D eigenvalue weighted by molar-refractivity contribution is 6.04. The summed E-state index contributed by atoms with van der Waals surface area (Å²) in [4.78, 5) is 33.6. The summed E-state index contributed by atoms with van der Waals surface area (Å²) in [5, 5.41) is 0.667. The van der Waals surface area contributed by atoms with Crippen LogP contribution in [0.2, 0.25) is 0 Å². The molecule has 1 aromatic heterocycles. The van der Waals surface area contributed by atoms with Crippen LogP contribution < -0.4 is 5.69 Å². The van der Waals surface area contributed by atoms with Gasteiger partial charge in [0.15, 0.2) is 0 Å². The predicted molar refractivity (Wildman–Crippen MR) is 95.0 cm³/mol. The zero-order valence-electron chi connectivity index (χ0n) is 13.6. The van der Waals surface area contributed by atoms with Crippen molar-refractivity contribution in [2.45, 2.75) is 31.2 Å². The summed E-state index contributed by atoms with van der Waals surface area (Å²) in [7, 11) is 0. The second kappa shape index (κ2) is 6.43. The predicted octanol–water partition coefficient (Wildman–Crippen LogP) is 3.05. The lowest BCUT2D eigenvalue weighted by Crippen LogP contribution is -2.47. The number of nitrogens with zero attached hydrogens (tertiary/aromatic N) is 2. The highest BCUT2D eigenvalue weighted by atomic mass is 16.2. The standard InChI is InChI=1S/C19H21N3O2/c1-3-10-19(11-4-2)12-7-13-22(19)17(23)16-14-8-5-6-9-15(14)20-18(24)21-16/h3-6,8-9H,1-2,7,10-13H2,(H,20,21,24). The zero-order valence-corrected chi connectivity index (χ0v) is 13.6. The maximum atomic E-state index is 13.2. The monoisotopic (exact) mass is 323 g/mol. The minimum Gasteiger partial charge on any atom is -0.331 e. The van der Waals surface area contributed by atoms with Crippen LogP contribution in [0, 0.1) is 0 Å². The third-order valence-electron chi connectivity index (χ3n) is 4.73. The summed E-state index contributed by atoms with van der Waals surface area (Å²) in [6.07, 6.45) is 6.92. The first-order valence-corrected chi connectivity index (χ1v) is 8.14. The molecule has 1 saturated heterocycles. The van der Waals surface area contributed by atoms with Gasteiger partial charge < -0.3 is 9.88 Å². The van der Waals surface area contributed by atoms with E-state index in [-0.39, 0.29) is 17.1 Å². The highest BCUT2D eigenvalue weighted by Crippen LogP contribution is 2.37. The third kappa shape index (κ3) is 2.66. The number of nitrogens with one attached hydrogen (secondary N) is 1. The van der Waals surface area contributed by atoms with Crippen LogP contribution in [-0.2, 0) is 0 Å². The van der Waals surface area contributed by atoms with Crippen molar-refractivity contribution in [2.24, 2.45) is 0 Å². The molecule has 0 aliphatic carbocycles. The summed E-state index contributed by atoms with van der Waals surface area (Å²) >= 11 is 0. The van der Waals surface area contributed by atoms with Crippen LogP contribution in [0.5, 0.6) is 0 Å². The Balaban J connectivity index is 2.10. The van der Waals surface area contributed by atoms with Crippen molar-refractivity contribution in [1.82, 2.24) is 14.9 Å². The van der Waals surface area contributed by atoms with Crippen molar-refractivity contribution in [3.05, 3.63) is 65.8 Å². The van der Waals surface area contributed by atoms with E-state index in [1.54, 1.807) is 6.07 Å². The van der Waals surface area contributed by atoms with Gasteiger partial charge in [-0.2, -0.15) is 4.98 Å². The molecule has 1 aromatic carbocycles. The SMILES string of the molecule is C=CCC1(CC=C)CCCN1C(=O)c1nc(=O)[nH]c2ccccc12. The van der Waals surface area contributed by atoms with E-state index in [2.05, 4.69) is 23.1 Å². The molecule has 2 aromatic rings. The molecule has 1 aliphatic rings. The molecule has 0 radical (unpaired) electrons. The normalized spacial score (nSPS) is 16.2. The molecule has 124 valence electrons. The van der Waals surface area contributed by atoms with E-state index in [4.69, 9.17) is 0 Å². The highest BCUT2D eigenvalue weighted by Gasteiger charge is 2.42. The Labute approximate surface area is 140 Å². The van der Waals surface area contributed by atoms with Gasteiger partial charge in [-0.1, -0.05) is 30.4 Å². The molecule has 1 aliphatic heterocycles. The van der Waals surface area contributed by atoms with Crippen LogP contribution in [0.25, 0.3) is 10.9 Å². The van der Waals surface area contributed by atoms with Gasteiger partial charge in [-0.15, -0.1) is 13.2 Å². The lowest BCUT2D eigenvalue weighted by atomic mass is 9.88. The van der Waals surface area contributed by atoms with E-state index in [1.807, 2.05) is 35.3 Å². The number of para-hydroxylation sites is 1. The van der Waals surface area contributed by atoms with Gasteiger partial charge in [0.1, 0.15) is 5.69 Å². The number of H-pyrrole nitrogens is 1. The third-order valence-corrected chi connectivity index (χ3v) is 4.73. The van der Waals surface area contributed by atoms with Crippen LogP contribution >= 0.6 is 0 Å². The van der Waals surface area contributed by atoms with E-state index in [9.17, 15) is 9.59 Å². The number of aromatic amines is 1. The molecule has 0 spiro atoms. The fraction of sp³-hybridized carbons (Fsp3) is 0.316. The molecular formula is C19H21N3O2. The molecule has 0 bridgehead atoms. The smallest absolute Gasteiger partial charge is 0.331 e. The minimum absolute atomic E-state index is 0.196. The number of carbonyl (C=O) groups is 1. The Kier molecular flexibility index (Phi) is 4.34. The Hall–Kier alpha value is -2.69. The van der Waals surface area contributed by atoms with Gasteiger partial charge in [0.2, 0.25) is 0 Å². The molecule has 5 heteroatoms. The van der Waals surface area contributed by atoms with Crippen LogP contribution in [0.15, 0.2) is 54.4 Å². The molecule has 1 fully saturated rings. The maximum Gasteiger partial charge on any atom is 0.346 e. The quantitative estimate of drug-likeness (QED) is 0.860. The Morgan fingerprint density at radius 1 is 1.29 bits per heavy atom. The molecule has 5 nitrogen and oxygen atoms in total. The largest absolute Gasteiger partial charge is 0.346 e. The molecular weight excluding hydrogens is 302 g/mol. The number of amides is 1. The maximum absolute atomic E-state index is 13.2. The summed E-state index contributed by atoms with van der Waals surface area (Å²) < 4.78 is 0. The fourth-order valence-corrected chi connectivity index (χ4v) is 3.69. The van der Waals surface area contributed by atoms with Crippen molar-refractivity contribution < 1.29 is 4.79 Å².